The monoisotopic (exact) mass is 272 g/mol. The third-order valence-corrected chi connectivity index (χ3v) is 3.74. The average Bonchev–Trinajstić information content (AvgIpc) is 2.45. The van der Waals surface area contributed by atoms with Crippen LogP contribution >= 0.6 is 0 Å². The Hall–Kier alpha value is -1.86. The van der Waals surface area contributed by atoms with Crippen LogP contribution in [0.15, 0.2) is 18.5 Å². The van der Waals surface area contributed by atoms with Crippen LogP contribution in [0.25, 0.3) is 0 Å². The van der Waals surface area contributed by atoms with E-state index in [1.165, 1.54) is 6.42 Å². The van der Waals surface area contributed by atoms with Crippen LogP contribution in [0.5, 0.6) is 0 Å². The lowest BCUT2D eigenvalue weighted by Crippen LogP contribution is -2.47. The third kappa shape index (κ3) is 3.58. The molecule has 1 aromatic rings. The number of aliphatic hydroxyl groups excluding tert-OH is 1. The zero-order valence-corrected chi connectivity index (χ0v) is 11.8. The van der Waals surface area contributed by atoms with Crippen molar-refractivity contribution in [2.75, 3.05) is 6.61 Å². The molecule has 4 nitrogen and oxygen atoms in total. The first-order valence-corrected chi connectivity index (χ1v) is 7.01. The van der Waals surface area contributed by atoms with Gasteiger partial charge in [-0.25, -0.2) is 0 Å². The highest BCUT2D eigenvalue weighted by Gasteiger charge is 2.29. The number of nitrogens with zero attached hydrogens (tertiary/aromatic N) is 1. The average molecular weight is 272 g/mol. The Labute approximate surface area is 119 Å². The fraction of sp³-hybridized carbons (Fsp3) is 0.500. The molecular formula is C16H20N2O2. The van der Waals surface area contributed by atoms with Gasteiger partial charge >= 0.3 is 0 Å². The zero-order valence-electron chi connectivity index (χ0n) is 11.8. The molecule has 2 rings (SSSR count). The Bertz CT molecular complexity index is 537. The lowest BCUT2D eigenvalue weighted by atomic mass is 9.83. The van der Waals surface area contributed by atoms with Gasteiger partial charge in [-0.3, -0.25) is 9.78 Å². The van der Waals surface area contributed by atoms with Crippen LogP contribution in [0.4, 0.5) is 0 Å². The number of amides is 1. The fourth-order valence-corrected chi connectivity index (χ4v) is 2.63. The molecule has 1 aromatic heterocycles. The van der Waals surface area contributed by atoms with E-state index in [-0.39, 0.29) is 18.1 Å². The van der Waals surface area contributed by atoms with Crippen LogP contribution in [-0.4, -0.2) is 28.1 Å². The van der Waals surface area contributed by atoms with Gasteiger partial charge in [-0.2, -0.15) is 0 Å². The summed E-state index contributed by atoms with van der Waals surface area (Å²) in [5.74, 6) is 5.22. The molecule has 4 heteroatoms. The van der Waals surface area contributed by atoms with E-state index >= 15 is 0 Å². The summed E-state index contributed by atoms with van der Waals surface area (Å²) >= 11 is 0. The molecule has 1 heterocycles. The van der Waals surface area contributed by atoms with Crippen LogP contribution in [0.1, 0.15) is 54.9 Å². The highest BCUT2D eigenvalue weighted by atomic mass is 16.2. The van der Waals surface area contributed by atoms with Gasteiger partial charge in [0.2, 0.25) is 0 Å². The van der Waals surface area contributed by atoms with E-state index < -0.39 is 0 Å². The van der Waals surface area contributed by atoms with Crippen molar-refractivity contribution in [1.82, 2.24) is 10.3 Å². The minimum absolute atomic E-state index is 0.112. The number of carbonyl (C=O) groups is 1. The Kier molecular flexibility index (Phi) is 4.75. The van der Waals surface area contributed by atoms with E-state index in [9.17, 15) is 4.79 Å². The molecule has 0 spiro atoms. The normalized spacial score (nSPS) is 16.9. The standard InChI is InChI=1S/C16H20N2O2/c1-16(8-3-2-4-9-16)18-15(20)14-7-10-17-12-13(14)6-5-11-19/h7,10,12,19H,2-4,8-9,11H2,1H3,(H,18,20). The van der Waals surface area contributed by atoms with Gasteiger partial charge < -0.3 is 10.4 Å². The van der Waals surface area contributed by atoms with Gasteiger partial charge in [-0.1, -0.05) is 31.1 Å². The lowest BCUT2D eigenvalue weighted by molar-refractivity contribution is 0.0882. The molecule has 0 saturated heterocycles. The molecule has 1 aliphatic rings. The summed E-state index contributed by atoms with van der Waals surface area (Å²) in [4.78, 5) is 16.4. The number of aliphatic hydroxyl groups is 1. The Morgan fingerprint density at radius 2 is 2.20 bits per heavy atom. The molecule has 0 unspecified atom stereocenters. The minimum atomic E-state index is -0.229. The molecule has 0 atom stereocenters. The molecule has 106 valence electrons. The second kappa shape index (κ2) is 6.53. The van der Waals surface area contributed by atoms with Gasteiger partial charge in [0.1, 0.15) is 6.61 Å². The lowest BCUT2D eigenvalue weighted by Gasteiger charge is -2.34. The summed E-state index contributed by atoms with van der Waals surface area (Å²) in [6, 6.07) is 1.67. The summed E-state index contributed by atoms with van der Waals surface area (Å²) in [6.07, 6.45) is 8.73. The van der Waals surface area contributed by atoms with Gasteiger partial charge in [0.15, 0.2) is 0 Å². The molecule has 1 saturated carbocycles. The summed E-state index contributed by atoms with van der Waals surface area (Å²) in [7, 11) is 0. The predicted octanol–water partition coefficient (Wildman–Crippen LogP) is 1.88. The van der Waals surface area contributed by atoms with E-state index in [0.717, 1.165) is 25.7 Å². The fourth-order valence-electron chi connectivity index (χ4n) is 2.63. The van der Waals surface area contributed by atoms with Crippen molar-refractivity contribution in [2.45, 2.75) is 44.6 Å². The number of pyridine rings is 1. The summed E-state index contributed by atoms with van der Waals surface area (Å²) in [5, 5.41) is 11.9. The topological polar surface area (TPSA) is 62.2 Å². The Morgan fingerprint density at radius 3 is 2.90 bits per heavy atom. The molecular weight excluding hydrogens is 252 g/mol. The van der Waals surface area contributed by atoms with Crippen molar-refractivity contribution in [3.8, 4) is 11.8 Å². The van der Waals surface area contributed by atoms with Crippen LogP contribution < -0.4 is 5.32 Å². The predicted molar refractivity (Wildman–Crippen MR) is 77.2 cm³/mol. The maximum absolute atomic E-state index is 12.4. The van der Waals surface area contributed by atoms with Crippen molar-refractivity contribution in [1.29, 1.82) is 0 Å². The van der Waals surface area contributed by atoms with E-state index in [1.54, 1.807) is 18.5 Å². The maximum Gasteiger partial charge on any atom is 0.253 e. The maximum atomic E-state index is 12.4. The third-order valence-electron chi connectivity index (χ3n) is 3.74. The molecule has 20 heavy (non-hydrogen) atoms. The second-order valence-corrected chi connectivity index (χ2v) is 5.46. The van der Waals surface area contributed by atoms with Crippen LogP contribution in [-0.2, 0) is 0 Å². The summed E-state index contributed by atoms with van der Waals surface area (Å²) in [6.45, 7) is 1.87. The molecule has 0 aromatic carbocycles. The Balaban J connectivity index is 2.16. The minimum Gasteiger partial charge on any atom is -0.384 e. The molecule has 1 fully saturated rings. The second-order valence-electron chi connectivity index (χ2n) is 5.46. The van der Waals surface area contributed by atoms with Crippen LogP contribution in [0.2, 0.25) is 0 Å². The van der Waals surface area contributed by atoms with Gasteiger partial charge in [0.25, 0.3) is 5.91 Å². The van der Waals surface area contributed by atoms with Gasteiger partial charge in [0.05, 0.1) is 11.1 Å². The molecule has 1 amide bonds. The van der Waals surface area contributed by atoms with Crippen LogP contribution in [0, 0.1) is 11.8 Å². The van der Waals surface area contributed by atoms with Crippen molar-refractivity contribution in [3.05, 3.63) is 29.6 Å². The van der Waals surface area contributed by atoms with Crippen LogP contribution in [0.3, 0.4) is 0 Å². The highest BCUT2D eigenvalue weighted by Crippen LogP contribution is 2.27. The van der Waals surface area contributed by atoms with Crippen molar-refractivity contribution in [3.63, 3.8) is 0 Å². The SMILES string of the molecule is CC1(NC(=O)c2ccncc2C#CCO)CCCCC1. The van der Waals surface area contributed by atoms with Crippen molar-refractivity contribution < 1.29 is 9.90 Å². The van der Waals surface area contributed by atoms with Gasteiger partial charge in [-0.05, 0) is 25.8 Å². The zero-order chi connectivity index (χ0) is 14.4. The Morgan fingerprint density at radius 1 is 1.45 bits per heavy atom. The number of carbonyl (C=O) groups excluding carboxylic acids is 1. The van der Waals surface area contributed by atoms with Crippen molar-refractivity contribution in [2.24, 2.45) is 0 Å². The van der Waals surface area contributed by atoms with E-state index in [2.05, 4.69) is 29.1 Å². The number of hydrogen-bond donors (Lipinski definition) is 2. The van der Waals surface area contributed by atoms with Gasteiger partial charge in [-0.15, -0.1) is 0 Å². The molecule has 2 N–H and O–H groups in total. The van der Waals surface area contributed by atoms with Gasteiger partial charge in [0, 0.05) is 17.9 Å². The number of hydrogen-bond acceptors (Lipinski definition) is 3. The van der Waals surface area contributed by atoms with E-state index in [4.69, 9.17) is 5.11 Å². The highest BCUT2D eigenvalue weighted by molar-refractivity contribution is 5.97. The summed E-state index contributed by atoms with van der Waals surface area (Å²) < 4.78 is 0. The van der Waals surface area contributed by atoms with Crippen molar-refractivity contribution >= 4 is 5.91 Å². The molecule has 1 aliphatic carbocycles. The first kappa shape index (κ1) is 14.5. The molecule has 0 radical (unpaired) electrons. The molecule has 0 bridgehead atoms. The number of rotatable bonds is 2. The van der Waals surface area contributed by atoms with E-state index in [1.807, 2.05) is 0 Å². The molecule has 0 aliphatic heterocycles. The largest absolute Gasteiger partial charge is 0.384 e. The summed E-state index contributed by atoms with van der Waals surface area (Å²) in [5.41, 5.74) is 0.950. The number of nitrogens with one attached hydrogen (secondary N) is 1. The first-order valence-electron chi connectivity index (χ1n) is 7.01. The first-order chi connectivity index (χ1) is 9.64. The smallest absolute Gasteiger partial charge is 0.253 e. The van der Waals surface area contributed by atoms with E-state index in [0.29, 0.717) is 11.1 Å². The quantitative estimate of drug-likeness (QED) is 0.808. The number of aromatic nitrogens is 1.